The highest BCUT2D eigenvalue weighted by molar-refractivity contribution is 6.03. The van der Waals surface area contributed by atoms with E-state index in [-0.39, 0.29) is 12.1 Å². The summed E-state index contributed by atoms with van der Waals surface area (Å²) in [5.41, 5.74) is 6.71. The molecular formula is C13H18N4O2. The number of hydrogen-bond donors (Lipinski definition) is 1. The lowest BCUT2D eigenvalue weighted by molar-refractivity contribution is 0.198. The van der Waals surface area contributed by atoms with Crippen LogP contribution in [-0.4, -0.2) is 35.4 Å². The number of rotatable bonds is 4. The van der Waals surface area contributed by atoms with E-state index in [9.17, 15) is 4.79 Å². The zero-order chi connectivity index (χ0) is 14.0. The highest BCUT2D eigenvalue weighted by Gasteiger charge is 2.34. The molecular weight excluding hydrogens is 244 g/mol. The molecule has 2 N–H and O–H groups in total. The van der Waals surface area contributed by atoms with Crippen molar-refractivity contribution in [1.29, 1.82) is 0 Å². The van der Waals surface area contributed by atoms with E-state index in [1.54, 1.807) is 24.3 Å². The minimum Gasteiger partial charge on any atom is -0.481 e. The van der Waals surface area contributed by atoms with Crippen molar-refractivity contribution in [1.82, 2.24) is 9.88 Å². The summed E-state index contributed by atoms with van der Waals surface area (Å²) in [4.78, 5) is 21.5. The number of methoxy groups -OCH3 is 1. The van der Waals surface area contributed by atoms with Gasteiger partial charge in [-0.25, -0.2) is 9.78 Å². The quantitative estimate of drug-likeness (QED) is 0.893. The van der Waals surface area contributed by atoms with Crippen molar-refractivity contribution in [2.24, 2.45) is 16.6 Å². The van der Waals surface area contributed by atoms with Gasteiger partial charge in [0.05, 0.1) is 7.11 Å². The molecule has 102 valence electrons. The molecule has 2 heterocycles. The van der Waals surface area contributed by atoms with Crippen LogP contribution in [0.5, 0.6) is 5.88 Å². The Kier molecular flexibility index (Phi) is 3.69. The Morgan fingerprint density at radius 2 is 2.21 bits per heavy atom. The molecule has 1 aliphatic rings. The van der Waals surface area contributed by atoms with Crippen molar-refractivity contribution in [3.05, 3.63) is 23.9 Å². The van der Waals surface area contributed by atoms with Gasteiger partial charge in [-0.15, -0.1) is 0 Å². The van der Waals surface area contributed by atoms with Crippen molar-refractivity contribution in [2.45, 2.75) is 19.9 Å². The average molecular weight is 262 g/mol. The molecule has 1 aromatic rings. The van der Waals surface area contributed by atoms with Gasteiger partial charge in [0, 0.05) is 24.4 Å². The molecule has 2 rings (SSSR count). The number of ether oxygens (including phenoxy) is 1. The molecule has 1 unspecified atom stereocenters. The average Bonchev–Trinajstić information content (AvgIpc) is 2.64. The summed E-state index contributed by atoms with van der Waals surface area (Å²) in [5, 5.41) is 0. The standard InChI is InChI=1S/C13H18N4O2/c1-8(2)7-17-11(12(14)16-13(17)18)9-4-5-10(19-3)15-6-9/h4-6,8,11H,7H2,1-3H3,(H2,14,16,18). The van der Waals surface area contributed by atoms with Gasteiger partial charge in [-0.05, 0) is 12.0 Å². The maximum absolute atomic E-state index is 11.8. The molecule has 2 amide bonds. The maximum atomic E-state index is 11.8. The summed E-state index contributed by atoms with van der Waals surface area (Å²) in [6.07, 6.45) is 1.66. The number of carbonyl (C=O) groups excluding carboxylic acids is 1. The summed E-state index contributed by atoms with van der Waals surface area (Å²) in [7, 11) is 1.56. The van der Waals surface area contributed by atoms with Gasteiger partial charge in [0.25, 0.3) is 0 Å². The fourth-order valence-corrected chi connectivity index (χ4v) is 2.11. The van der Waals surface area contributed by atoms with Gasteiger partial charge in [-0.2, -0.15) is 4.99 Å². The Bertz CT molecular complexity index is 496. The van der Waals surface area contributed by atoms with Crippen molar-refractivity contribution >= 4 is 11.9 Å². The molecule has 0 saturated carbocycles. The zero-order valence-corrected chi connectivity index (χ0v) is 11.3. The van der Waals surface area contributed by atoms with Crippen LogP contribution in [-0.2, 0) is 0 Å². The van der Waals surface area contributed by atoms with E-state index in [1.165, 1.54) is 0 Å². The minimum absolute atomic E-state index is 0.285. The van der Waals surface area contributed by atoms with Crippen LogP contribution < -0.4 is 10.5 Å². The van der Waals surface area contributed by atoms with E-state index in [0.29, 0.717) is 24.2 Å². The summed E-state index contributed by atoms with van der Waals surface area (Å²) in [6.45, 7) is 4.70. The van der Waals surface area contributed by atoms with Crippen LogP contribution in [0.4, 0.5) is 4.79 Å². The molecule has 1 aromatic heterocycles. The number of pyridine rings is 1. The normalized spacial score (nSPS) is 18.9. The number of urea groups is 1. The largest absolute Gasteiger partial charge is 0.481 e. The first-order valence-corrected chi connectivity index (χ1v) is 6.17. The lowest BCUT2D eigenvalue weighted by Gasteiger charge is -2.25. The Morgan fingerprint density at radius 1 is 1.47 bits per heavy atom. The van der Waals surface area contributed by atoms with E-state index >= 15 is 0 Å². The Balaban J connectivity index is 2.28. The molecule has 0 aromatic carbocycles. The number of amidine groups is 1. The third kappa shape index (κ3) is 2.67. The van der Waals surface area contributed by atoms with Gasteiger partial charge in [0.1, 0.15) is 11.9 Å². The first-order chi connectivity index (χ1) is 9.02. The summed E-state index contributed by atoms with van der Waals surface area (Å²) < 4.78 is 5.02. The first kappa shape index (κ1) is 13.3. The molecule has 1 atom stereocenters. The topological polar surface area (TPSA) is 80.8 Å². The predicted octanol–water partition coefficient (Wildman–Crippen LogP) is 1.58. The number of hydrogen-bond acceptors (Lipinski definition) is 4. The minimum atomic E-state index is -0.326. The van der Waals surface area contributed by atoms with E-state index in [0.717, 1.165) is 5.56 Å². The Labute approximate surface area is 112 Å². The number of nitrogens with zero attached hydrogens (tertiary/aromatic N) is 3. The van der Waals surface area contributed by atoms with Gasteiger partial charge in [-0.3, -0.25) is 0 Å². The fourth-order valence-electron chi connectivity index (χ4n) is 2.11. The third-order valence-corrected chi connectivity index (χ3v) is 2.91. The van der Waals surface area contributed by atoms with Crippen LogP contribution in [0.2, 0.25) is 0 Å². The second kappa shape index (κ2) is 5.26. The molecule has 19 heavy (non-hydrogen) atoms. The van der Waals surface area contributed by atoms with E-state index < -0.39 is 0 Å². The molecule has 0 saturated heterocycles. The smallest absolute Gasteiger partial charge is 0.346 e. The van der Waals surface area contributed by atoms with E-state index in [1.807, 2.05) is 19.9 Å². The SMILES string of the molecule is COc1ccc(C2C(N)=NC(=O)N2CC(C)C)cn1. The van der Waals surface area contributed by atoms with Crippen molar-refractivity contribution < 1.29 is 9.53 Å². The van der Waals surface area contributed by atoms with Crippen LogP contribution in [0.15, 0.2) is 23.3 Å². The van der Waals surface area contributed by atoms with Gasteiger partial charge in [-0.1, -0.05) is 13.8 Å². The predicted molar refractivity (Wildman–Crippen MR) is 72.1 cm³/mol. The molecule has 6 heteroatoms. The molecule has 0 spiro atoms. The number of amides is 2. The highest BCUT2D eigenvalue weighted by Crippen LogP contribution is 2.27. The van der Waals surface area contributed by atoms with Gasteiger partial charge >= 0.3 is 6.03 Å². The molecule has 0 fully saturated rings. The lowest BCUT2D eigenvalue weighted by atomic mass is 10.1. The summed E-state index contributed by atoms with van der Waals surface area (Å²) in [5.74, 6) is 1.19. The number of aromatic nitrogens is 1. The van der Waals surface area contributed by atoms with Gasteiger partial charge < -0.3 is 15.4 Å². The second-order valence-electron chi connectivity index (χ2n) is 4.90. The Hall–Kier alpha value is -2.11. The maximum Gasteiger partial charge on any atom is 0.346 e. The van der Waals surface area contributed by atoms with Gasteiger partial charge in [0.2, 0.25) is 5.88 Å². The zero-order valence-electron chi connectivity index (χ0n) is 11.3. The summed E-state index contributed by atoms with van der Waals surface area (Å²) in [6, 6.07) is 2.99. The van der Waals surface area contributed by atoms with Crippen molar-refractivity contribution in [3.63, 3.8) is 0 Å². The van der Waals surface area contributed by atoms with Crippen molar-refractivity contribution in [3.8, 4) is 5.88 Å². The molecule has 0 bridgehead atoms. The monoisotopic (exact) mass is 262 g/mol. The van der Waals surface area contributed by atoms with Crippen LogP contribution in [0.3, 0.4) is 0 Å². The molecule has 6 nitrogen and oxygen atoms in total. The lowest BCUT2D eigenvalue weighted by Crippen LogP contribution is -2.35. The summed E-state index contributed by atoms with van der Waals surface area (Å²) >= 11 is 0. The molecule has 0 aliphatic carbocycles. The van der Waals surface area contributed by atoms with Crippen LogP contribution in [0.1, 0.15) is 25.5 Å². The van der Waals surface area contributed by atoms with Gasteiger partial charge in [0.15, 0.2) is 0 Å². The van der Waals surface area contributed by atoms with Crippen LogP contribution in [0, 0.1) is 5.92 Å². The fraction of sp³-hybridized carbons (Fsp3) is 0.462. The number of carbonyl (C=O) groups is 1. The van der Waals surface area contributed by atoms with Crippen LogP contribution >= 0.6 is 0 Å². The van der Waals surface area contributed by atoms with Crippen LogP contribution in [0.25, 0.3) is 0 Å². The molecule has 0 radical (unpaired) electrons. The third-order valence-electron chi connectivity index (χ3n) is 2.91. The highest BCUT2D eigenvalue weighted by atomic mass is 16.5. The van der Waals surface area contributed by atoms with E-state index in [2.05, 4.69) is 9.98 Å². The molecule has 1 aliphatic heterocycles. The second-order valence-corrected chi connectivity index (χ2v) is 4.90. The Morgan fingerprint density at radius 3 is 2.74 bits per heavy atom. The number of aliphatic imine (C=N–C) groups is 1. The van der Waals surface area contributed by atoms with E-state index in [4.69, 9.17) is 10.5 Å². The first-order valence-electron chi connectivity index (χ1n) is 6.17. The number of nitrogens with two attached hydrogens (primary N) is 1. The van der Waals surface area contributed by atoms with Crippen molar-refractivity contribution in [2.75, 3.05) is 13.7 Å².